The molecule has 2 aliphatic heterocycles. The standard InChI is InChI=1S/C21H26N6O3/c1-13-10-26(11-15-3-2-6-22-20(15)28)12-16(13)18-24-21(29)17-9-23-19(27(17)25-18)14-4-7-30-8-5-14/h2-3,6,9,13-14,16H,4-5,7-8,10-12H2,1H3,(H,22,28)(H,24,25,29). The highest BCUT2D eigenvalue weighted by Crippen LogP contribution is 2.31. The van der Waals surface area contributed by atoms with Crippen molar-refractivity contribution in [2.75, 3.05) is 26.3 Å². The number of H-pyrrole nitrogens is 2. The summed E-state index contributed by atoms with van der Waals surface area (Å²) in [5.74, 6) is 2.19. The van der Waals surface area contributed by atoms with Crippen LogP contribution in [-0.2, 0) is 11.3 Å². The van der Waals surface area contributed by atoms with Gasteiger partial charge in [0.15, 0.2) is 5.52 Å². The first-order chi connectivity index (χ1) is 14.6. The number of nitrogens with zero attached hydrogens (tertiary/aromatic N) is 4. The van der Waals surface area contributed by atoms with Crippen molar-refractivity contribution in [3.05, 3.63) is 62.4 Å². The van der Waals surface area contributed by atoms with Crippen LogP contribution in [0.2, 0.25) is 0 Å². The van der Waals surface area contributed by atoms with Gasteiger partial charge in [-0.15, -0.1) is 0 Å². The summed E-state index contributed by atoms with van der Waals surface area (Å²) in [6, 6.07) is 3.70. The van der Waals surface area contributed by atoms with E-state index in [0.29, 0.717) is 37.0 Å². The van der Waals surface area contributed by atoms with Crippen molar-refractivity contribution in [2.45, 2.75) is 38.1 Å². The summed E-state index contributed by atoms with van der Waals surface area (Å²) in [5.41, 5.74) is 1.02. The van der Waals surface area contributed by atoms with Crippen molar-refractivity contribution in [1.29, 1.82) is 0 Å². The highest BCUT2D eigenvalue weighted by molar-refractivity contribution is 5.42. The van der Waals surface area contributed by atoms with Crippen molar-refractivity contribution in [1.82, 2.24) is 29.5 Å². The number of aromatic nitrogens is 5. The topological polar surface area (TPSA) is 108 Å². The lowest BCUT2D eigenvalue weighted by Crippen LogP contribution is -2.26. The van der Waals surface area contributed by atoms with Crippen LogP contribution in [0.3, 0.4) is 0 Å². The van der Waals surface area contributed by atoms with Gasteiger partial charge in [0.05, 0.1) is 6.20 Å². The Hall–Kier alpha value is -2.78. The van der Waals surface area contributed by atoms with Crippen LogP contribution in [0.5, 0.6) is 0 Å². The van der Waals surface area contributed by atoms with E-state index in [-0.39, 0.29) is 23.0 Å². The molecule has 0 spiro atoms. The molecule has 2 fully saturated rings. The average molecular weight is 410 g/mol. The number of aromatic amines is 2. The molecule has 30 heavy (non-hydrogen) atoms. The van der Waals surface area contributed by atoms with Gasteiger partial charge in [0.2, 0.25) is 0 Å². The molecule has 3 aromatic heterocycles. The molecule has 9 nitrogen and oxygen atoms in total. The van der Waals surface area contributed by atoms with E-state index in [9.17, 15) is 9.59 Å². The van der Waals surface area contributed by atoms with E-state index in [0.717, 1.165) is 37.3 Å². The van der Waals surface area contributed by atoms with Gasteiger partial charge >= 0.3 is 0 Å². The molecule has 0 amide bonds. The number of nitrogens with one attached hydrogen (secondary N) is 2. The minimum atomic E-state index is -0.157. The number of fused-ring (bicyclic) bond motifs is 1. The van der Waals surface area contributed by atoms with Gasteiger partial charge in [-0.2, -0.15) is 5.10 Å². The van der Waals surface area contributed by atoms with Gasteiger partial charge in [-0.3, -0.25) is 14.5 Å². The molecular weight excluding hydrogens is 384 g/mol. The molecule has 3 aromatic rings. The van der Waals surface area contributed by atoms with E-state index in [1.807, 2.05) is 12.1 Å². The third-order valence-electron chi connectivity index (χ3n) is 6.37. The normalized spacial score (nSPS) is 23.4. The van der Waals surface area contributed by atoms with E-state index in [2.05, 4.69) is 26.8 Å². The fourth-order valence-corrected chi connectivity index (χ4v) is 4.71. The Labute approximate surface area is 173 Å². The van der Waals surface area contributed by atoms with Crippen LogP contribution in [-0.4, -0.2) is 55.8 Å². The fraction of sp³-hybridized carbons (Fsp3) is 0.524. The van der Waals surface area contributed by atoms with E-state index < -0.39 is 0 Å². The molecular formula is C21H26N6O3. The van der Waals surface area contributed by atoms with Crippen LogP contribution in [0.1, 0.15) is 48.8 Å². The van der Waals surface area contributed by atoms with Gasteiger partial charge in [0.25, 0.3) is 11.1 Å². The number of rotatable bonds is 4. The van der Waals surface area contributed by atoms with E-state index in [4.69, 9.17) is 9.84 Å². The molecule has 9 heteroatoms. The third kappa shape index (κ3) is 3.48. The molecule has 0 aliphatic carbocycles. The second kappa shape index (κ2) is 7.81. The maximum absolute atomic E-state index is 12.7. The summed E-state index contributed by atoms with van der Waals surface area (Å²) in [7, 11) is 0. The van der Waals surface area contributed by atoms with Crippen LogP contribution in [0.25, 0.3) is 5.52 Å². The van der Waals surface area contributed by atoms with Gasteiger partial charge < -0.3 is 14.7 Å². The highest BCUT2D eigenvalue weighted by Gasteiger charge is 2.33. The zero-order valence-electron chi connectivity index (χ0n) is 17.0. The van der Waals surface area contributed by atoms with Crippen LogP contribution >= 0.6 is 0 Å². The molecule has 2 aliphatic rings. The van der Waals surface area contributed by atoms with E-state index >= 15 is 0 Å². The van der Waals surface area contributed by atoms with Gasteiger partial charge in [-0.25, -0.2) is 9.50 Å². The van der Waals surface area contributed by atoms with Crippen molar-refractivity contribution in [3.8, 4) is 0 Å². The molecule has 2 saturated heterocycles. The maximum Gasteiger partial charge on any atom is 0.276 e. The third-order valence-corrected chi connectivity index (χ3v) is 6.37. The molecule has 158 valence electrons. The average Bonchev–Trinajstić information content (AvgIpc) is 3.34. The number of hydrogen-bond acceptors (Lipinski definition) is 6. The molecule has 2 N–H and O–H groups in total. The maximum atomic E-state index is 12.7. The predicted molar refractivity (Wildman–Crippen MR) is 111 cm³/mol. The Kier molecular flexibility index (Phi) is 5.00. The molecule has 5 rings (SSSR count). The van der Waals surface area contributed by atoms with Crippen molar-refractivity contribution in [2.24, 2.45) is 5.92 Å². The van der Waals surface area contributed by atoms with Crippen molar-refractivity contribution in [3.63, 3.8) is 0 Å². The Morgan fingerprint density at radius 3 is 2.83 bits per heavy atom. The Bertz CT molecular complexity index is 1160. The number of imidazole rings is 1. The Morgan fingerprint density at radius 1 is 1.20 bits per heavy atom. The monoisotopic (exact) mass is 410 g/mol. The van der Waals surface area contributed by atoms with Crippen LogP contribution < -0.4 is 11.1 Å². The fourth-order valence-electron chi connectivity index (χ4n) is 4.71. The van der Waals surface area contributed by atoms with Gasteiger partial charge in [-0.1, -0.05) is 13.0 Å². The number of pyridine rings is 1. The van der Waals surface area contributed by atoms with Crippen LogP contribution in [0.4, 0.5) is 0 Å². The summed E-state index contributed by atoms with van der Waals surface area (Å²) >= 11 is 0. The van der Waals surface area contributed by atoms with Crippen molar-refractivity contribution >= 4 is 5.52 Å². The zero-order chi connectivity index (χ0) is 20.7. The Morgan fingerprint density at radius 2 is 2.03 bits per heavy atom. The summed E-state index contributed by atoms with van der Waals surface area (Å²) in [5, 5.41) is 4.83. The largest absolute Gasteiger partial charge is 0.381 e. The van der Waals surface area contributed by atoms with Gasteiger partial charge in [-0.05, 0) is 24.8 Å². The summed E-state index contributed by atoms with van der Waals surface area (Å²) in [6.07, 6.45) is 5.04. The van der Waals surface area contributed by atoms with E-state index in [1.54, 1.807) is 16.9 Å². The second-order valence-electron chi connectivity index (χ2n) is 8.44. The Balaban J connectivity index is 1.43. The predicted octanol–water partition coefficient (Wildman–Crippen LogP) is 1.24. The molecule has 2 unspecified atom stereocenters. The quantitative estimate of drug-likeness (QED) is 0.670. The minimum Gasteiger partial charge on any atom is -0.381 e. The zero-order valence-corrected chi connectivity index (χ0v) is 17.0. The van der Waals surface area contributed by atoms with Gasteiger partial charge in [0, 0.05) is 56.4 Å². The second-order valence-corrected chi connectivity index (χ2v) is 8.44. The first-order valence-corrected chi connectivity index (χ1v) is 10.5. The molecule has 2 atom stereocenters. The van der Waals surface area contributed by atoms with E-state index in [1.165, 1.54) is 0 Å². The summed E-state index contributed by atoms with van der Waals surface area (Å²) in [4.78, 5) is 37.3. The lowest BCUT2D eigenvalue weighted by molar-refractivity contribution is 0.0832. The highest BCUT2D eigenvalue weighted by atomic mass is 16.5. The smallest absolute Gasteiger partial charge is 0.276 e. The lowest BCUT2D eigenvalue weighted by Gasteiger charge is -2.21. The SMILES string of the molecule is CC1CN(Cc2ccc[nH]c2=O)CC1c1nn2c(C3CCOCC3)ncc2c(=O)[nH]1. The number of ether oxygens (including phenoxy) is 1. The molecule has 0 bridgehead atoms. The lowest BCUT2D eigenvalue weighted by atomic mass is 9.97. The van der Waals surface area contributed by atoms with Crippen molar-refractivity contribution < 1.29 is 4.74 Å². The summed E-state index contributed by atoms with van der Waals surface area (Å²) < 4.78 is 7.20. The van der Waals surface area contributed by atoms with Crippen LogP contribution in [0, 0.1) is 5.92 Å². The minimum absolute atomic E-state index is 0.0546. The number of hydrogen-bond donors (Lipinski definition) is 2. The summed E-state index contributed by atoms with van der Waals surface area (Å²) in [6.45, 7) is 5.76. The number of likely N-dealkylation sites (tertiary alicyclic amines) is 1. The molecule has 5 heterocycles. The molecule has 0 aromatic carbocycles. The van der Waals surface area contributed by atoms with Crippen LogP contribution in [0.15, 0.2) is 34.1 Å². The first kappa shape index (κ1) is 19.2. The molecule has 0 saturated carbocycles. The van der Waals surface area contributed by atoms with Gasteiger partial charge in [0.1, 0.15) is 11.6 Å². The molecule has 0 radical (unpaired) electrons. The first-order valence-electron chi connectivity index (χ1n) is 10.5.